The molecule has 5 nitrogen and oxygen atoms in total. The van der Waals surface area contributed by atoms with Gasteiger partial charge < -0.3 is 16.4 Å². The molecular weight excluding hydrogens is 230 g/mol. The first kappa shape index (κ1) is 13.3. The molecule has 0 aromatic rings. The molecule has 2 fully saturated rings. The lowest BCUT2D eigenvalue weighted by Gasteiger charge is -2.28. The summed E-state index contributed by atoms with van der Waals surface area (Å²) in [7, 11) is 0. The highest BCUT2D eigenvalue weighted by Gasteiger charge is 2.24. The highest BCUT2D eigenvalue weighted by atomic mass is 16.2. The number of piperidine rings is 1. The molecule has 2 amide bonds. The van der Waals surface area contributed by atoms with Gasteiger partial charge in [-0.25, -0.2) is 0 Å². The van der Waals surface area contributed by atoms with E-state index in [2.05, 4.69) is 10.6 Å². The predicted octanol–water partition coefficient (Wildman–Crippen LogP) is 0.289. The van der Waals surface area contributed by atoms with Crippen LogP contribution >= 0.6 is 0 Å². The van der Waals surface area contributed by atoms with Crippen molar-refractivity contribution in [2.45, 2.75) is 57.0 Å². The number of hydrogen-bond donors (Lipinski definition) is 3. The highest BCUT2D eigenvalue weighted by molar-refractivity contribution is 5.79. The molecule has 1 heterocycles. The average molecular weight is 253 g/mol. The van der Waals surface area contributed by atoms with Crippen LogP contribution in [0.15, 0.2) is 0 Å². The topological polar surface area (TPSA) is 84.2 Å². The van der Waals surface area contributed by atoms with Gasteiger partial charge in [-0.1, -0.05) is 6.42 Å². The van der Waals surface area contributed by atoms with Crippen molar-refractivity contribution in [3.63, 3.8) is 0 Å². The van der Waals surface area contributed by atoms with Crippen molar-refractivity contribution in [3.8, 4) is 0 Å². The average Bonchev–Trinajstić information content (AvgIpc) is 2.32. The molecule has 1 aliphatic heterocycles. The summed E-state index contributed by atoms with van der Waals surface area (Å²) in [4.78, 5) is 22.9. The molecule has 0 aromatic carbocycles. The van der Waals surface area contributed by atoms with Crippen LogP contribution in [0.5, 0.6) is 0 Å². The predicted molar refractivity (Wildman–Crippen MR) is 68.7 cm³/mol. The van der Waals surface area contributed by atoms with Crippen LogP contribution in [0.1, 0.15) is 44.9 Å². The van der Waals surface area contributed by atoms with Crippen LogP contribution in [-0.4, -0.2) is 30.4 Å². The van der Waals surface area contributed by atoms with Crippen molar-refractivity contribution in [1.82, 2.24) is 10.6 Å². The minimum atomic E-state index is 0.0822. The molecule has 0 spiro atoms. The molecule has 2 aliphatic rings. The fourth-order valence-corrected chi connectivity index (χ4v) is 2.92. The van der Waals surface area contributed by atoms with E-state index in [0.29, 0.717) is 25.3 Å². The molecule has 2 rings (SSSR count). The number of carbonyl (C=O) groups excluding carboxylic acids is 2. The molecular formula is C13H23N3O2. The Balaban J connectivity index is 1.69. The lowest BCUT2D eigenvalue weighted by atomic mass is 9.84. The molecule has 1 saturated carbocycles. The maximum Gasteiger partial charge on any atom is 0.220 e. The number of nitrogens with two attached hydrogens (primary N) is 1. The first-order valence-electron chi connectivity index (χ1n) is 6.95. The molecule has 1 aliphatic carbocycles. The van der Waals surface area contributed by atoms with Gasteiger partial charge in [0.15, 0.2) is 0 Å². The lowest BCUT2D eigenvalue weighted by molar-refractivity contribution is -0.126. The second-order valence-electron chi connectivity index (χ2n) is 5.60. The van der Waals surface area contributed by atoms with E-state index in [1.807, 2.05) is 0 Å². The van der Waals surface area contributed by atoms with Gasteiger partial charge in [0.1, 0.15) is 0 Å². The molecule has 0 aromatic heterocycles. The van der Waals surface area contributed by atoms with Gasteiger partial charge in [-0.15, -0.1) is 0 Å². The van der Waals surface area contributed by atoms with Crippen LogP contribution in [0.3, 0.4) is 0 Å². The Morgan fingerprint density at radius 1 is 1.39 bits per heavy atom. The summed E-state index contributed by atoms with van der Waals surface area (Å²) in [6, 6.07) is 0.373. The van der Waals surface area contributed by atoms with Gasteiger partial charge >= 0.3 is 0 Å². The van der Waals surface area contributed by atoms with Crippen molar-refractivity contribution in [2.75, 3.05) is 6.54 Å². The molecule has 102 valence electrons. The van der Waals surface area contributed by atoms with E-state index in [0.717, 1.165) is 32.1 Å². The summed E-state index contributed by atoms with van der Waals surface area (Å²) in [5.74, 6) is 0.626. The third-order valence-electron chi connectivity index (χ3n) is 3.93. The normalized spacial score (nSPS) is 32.7. The number of carbonyl (C=O) groups is 2. The first-order valence-corrected chi connectivity index (χ1v) is 6.95. The van der Waals surface area contributed by atoms with Gasteiger partial charge in [-0.3, -0.25) is 9.59 Å². The number of amides is 2. The van der Waals surface area contributed by atoms with Crippen LogP contribution in [0.2, 0.25) is 0 Å². The van der Waals surface area contributed by atoms with Gasteiger partial charge in [0.25, 0.3) is 0 Å². The van der Waals surface area contributed by atoms with Crippen molar-refractivity contribution in [3.05, 3.63) is 0 Å². The van der Waals surface area contributed by atoms with Gasteiger partial charge in [0, 0.05) is 31.5 Å². The van der Waals surface area contributed by atoms with E-state index in [-0.39, 0.29) is 23.9 Å². The van der Waals surface area contributed by atoms with Crippen LogP contribution < -0.4 is 16.4 Å². The fourth-order valence-electron chi connectivity index (χ4n) is 2.92. The molecule has 0 radical (unpaired) electrons. The maximum atomic E-state index is 11.9. The molecule has 4 N–H and O–H groups in total. The first-order chi connectivity index (χ1) is 8.63. The minimum absolute atomic E-state index is 0.0822. The Hall–Kier alpha value is -1.10. The zero-order valence-corrected chi connectivity index (χ0v) is 10.8. The Morgan fingerprint density at radius 2 is 2.22 bits per heavy atom. The van der Waals surface area contributed by atoms with E-state index in [4.69, 9.17) is 5.73 Å². The standard InChI is InChI=1S/C13H23N3O2/c14-10-3-1-2-9(6-10)7-13(18)16-11-4-5-12(17)15-8-11/h9-11H,1-8,14H2,(H,15,17)(H,16,18). The molecule has 3 unspecified atom stereocenters. The van der Waals surface area contributed by atoms with Crippen LogP contribution in [0, 0.1) is 5.92 Å². The van der Waals surface area contributed by atoms with Crippen molar-refractivity contribution in [2.24, 2.45) is 11.7 Å². The Morgan fingerprint density at radius 3 is 2.89 bits per heavy atom. The van der Waals surface area contributed by atoms with Crippen LogP contribution in [0.4, 0.5) is 0 Å². The van der Waals surface area contributed by atoms with Crippen molar-refractivity contribution < 1.29 is 9.59 Å². The van der Waals surface area contributed by atoms with Crippen molar-refractivity contribution in [1.29, 1.82) is 0 Å². The quantitative estimate of drug-likeness (QED) is 0.676. The Labute approximate surface area is 108 Å². The summed E-state index contributed by atoms with van der Waals surface area (Å²) >= 11 is 0. The molecule has 18 heavy (non-hydrogen) atoms. The summed E-state index contributed by atoms with van der Waals surface area (Å²) in [5.41, 5.74) is 5.92. The fraction of sp³-hybridized carbons (Fsp3) is 0.846. The summed E-state index contributed by atoms with van der Waals surface area (Å²) in [5, 5.41) is 5.78. The second-order valence-corrected chi connectivity index (χ2v) is 5.60. The molecule has 0 bridgehead atoms. The van der Waals surface area contributed by atoms with E-state index >= 15 is 0 Å². The van der Waals surface area contributed by atoms with E-state index in [1.54, 1.807) is 0 Å². The number of nitrogens with one attached hydrogen (secondary N) is 2. The van der Waals surface area contributed by atoms with Gasteiger partial charge in [-0.05, 0) is 31.6 Å². The summed E-state index contributed by atoms with van der Waals surface area (Å²) < 4.78 is 0. The van der Waals surface area contributed by atoms with E-state index in [9.17, 15) is 9.59 Å². The largest absolute Gasteiger partial charge is 0.354 e. The Kier molecular flexibility index (Phi) is 4.58. The summed E-state index contributed by atoms with van der Waals surface area (Å²) in [6.07, 6.45) is 6.15. The number of hydrogen-bond acceptors (Lipinski definition) is 3. The monoisotopic (exact) mass is 253 g/mol. The smallest absolute Gasteiger partial charge is 0.220 e. The maximum absolute atomic E-state index is 11.9. The zero-order chi connectivity index (χ0) is 13.0. The molecule has 1 saturated heterocycles. The van der Waals surface area contributed by atoms with E-state index < -0.39 is 0 Å². The molecule has 5 heteroatoms. The van der Waals surface area contributed by atoms with Gasteiger partial charge in [0.2, 0.25) is 11.8 Å². The molecule has 3 atom stereocenters. The third-order valence-corrected chi connectivity index (χ3v) is 3.93. The van der Waals surface area contributed by atoms with Crippen molar-refractivity contribution >= 4 is 11.8 Å². The van der Waals surface area contributed by atoms with Crippen LogP contribution in [-0.2, 0) is 9.59 Å². The zero-order valence-electron chi connectivity index (χ0n) is 10.8. The third kappa shape index (κ3) is 3.98. The Bertz CT molecular complexity index is 309. The lowest BCUT2D eigenvalue weighted by Crippen LogP contribution is -2.48. The highest BCUT2D eigenvalue weighted by Crippen LogP contribution is 2.25. The second kappa shape index (κ2) is 6.18. The minimum Gasteiger partial charge on any atom is -0.354 e. The van der Waals surface area contributed by atoms with Gasteiger partial charge in [-0.2, -0.15) is 0 Å². The van der Waals surface area contributed by atoms with Crippen LogP contribution in [0.25, 0.3) is 0 Å². The van der Waals surface area contributed by atoms with E-state index in [1.165, 1.54) is 0 Å². The SMILES string of the molecule is NC1CCCC(CC(=O)NC2CCC(=O)NC2)C1. The summed E-state index contributed by atoms with van der Waals surface area (Å²) in [6.45, 7) is 0.564. The number of rotatable bonds is 3. The van der Waals surface area contributed by atoms with Gasteiger partial charge in [0.05, 0.1) is 0 Å².